The number of hydrogen-bond donors (Lipinski definition) is 1. The second-order valence-corrected chi connectivity index (χ2v) is 5.17. The predicted molar refractivity (Wildman–Crippen MR) is 66.2 cm³/mol. The van der Waals surface area contributed by atoms with E-state index in [-0.39, 0.29) is 0 Å². The Bertz CT molecular complexity index is 170. The molecule has 0 saturated carbocycles. The van der Waals surface area contributed by atoms with E-state index in [1.54, 1.807) is 0 Å². The van der Waals surface area contributed by atoms with E-state index in [1.807, 2.05) is 0 Å². The van der Waals surface area contributed by atoms with Crippen LogP contribution in [0.3, 0.4) is 0 Å². The first-order chi connectivity index (χ1) is 7.13. The van der Waals surface area contributed by atoms with Crippen molar-refractivity contribution in [2.24, 2.45) is 5.92 Å². The monoisotopic (exact) mass is 213 g/mol. The molecule has 2 atom stereocenters. The van der Waals surface area contributed by atoms with Crippen molar-refractivity contribution < 1.29 is 0 Å². The molecule has 0 radical (unpaired) electrons. The highest BCUT2D eigenvalue weighted by Crippen LogP contribution is 2.10. The zero-order valence-electron chi connectivity index (χ0n) is 10.8. The fraction of sp³-hybridized carbons (Fsp3) is 1.00. The van der Waals surface area contributed by atoms with E-state index in [2.05, 4.69) is 43.1 Å². The van der Waals surface area contributed by atoms with Crippen molar-refractivity contribution >= 4 is 0 Å². The molecule has 0 spiro atoms. The number of hydrogen-bond acceptors (Lipinski definition) is 3. The van der Waals surface area contributed by atoms with Gasteiger partial charge in [0.25, 0.3) is 0 Å². The molecular formula is C12H27N3. The van der Waals surface area contributed by atoms with Crippen LogP contribution in [0.4, 0.5) is 0 Å². The molecule has 3 nitrogen and oxygen atoms in total. The molecule has 1 rings (SSSR count). The van der Waals surface area contributed by atoms with E-state index < -0.39 is 0 Å². The van der Waals surface area contributed by atoms with Gasteiger partial charge in [-0.15, -0.1) is 0 Å². The van der Waals surface area contributed by atoms with Gasteiger partial charge in [0.2, 0.25) is 0 Å². The Morgan fingerprint density at radius 2 is 2.07 bits per heavy atom. The van der Waals surface area contributed by atoms with Gasteiger partial charge >= 0.3 is 0 Å². The zero-order valence-corrected chi connectivity index (χ0v) is 10.8. The lowest BCUT2D eigenvalue weighted by Gasteiger charge is -2.32. The van der Waals surface area contributed by atoms with Crippen LogP contribution in [-0.2, 0) is 0 Å². The van der Waals surface area contributed by atoms with Gasteiger partial charge in [-0.1, -0.05) is 13.8 Å². The summed E-state index contributed by atoms with van der Waals surface area (Å²) in [5.41, 5.74) is 0. The Balaban J connectivity index is 2.54. The molecule has 0 aromatic rings. The molecule has 1 aliphatic rings. The summed E-state index contributed by atoms with van der Waals surface area (Å²) in [7, 11) is 4.33. The van der Waals surface area contributed by atoms with Crippen LogP contribution in [0.1, 0.15) is 20.3 Å². The quantitative estimate of drug-likeness (QED) is 0.747. The van der Waals surface area contributed by atoms with Gasteiger partial charge in [0.15, 0.2) is 0 Å². The lowest BCUT2D eigenvalue weighted by atomic mass is 10.1. The van der Waals surface area contributed by atoms with E-state index >= 15 is 0 Å². The van der Waals surface area contributed by atoms with Gasteiger partial charge in [0, 0.05) is 25.7 Å². The lowest BCUT2D eigenvalue weighted by Crippen LogP contribution is -2.46. The van der Waals surface area contributed by atoms with Crippen LogP contribution in [0.2, 0.25) is 0 Å². The van der Waals surface area contributed by atoms with E-state index in [9.17, 15) is 0 Å². The lowest BCUT2D eigenvalue weighted by molar-refractivity contribution is 0.161. The molecule has 0 aliphatic carbocycles. The maximum atomic E-state index is 3.57. The van der Waals surface area contributed by atoms with Crippen LogP contribution in [0.5, 0.6) is 0 Å². The minimum atomic E-state index is 0.685. The molecule has 90 valence electrons. The van der Waals surface area contributed by atoms with Gasteiger partial charge in [-0.2, -0.15) is 0 Å². The zero-order chi connectivity index (χ0) is 11.3. The maximum absolute atomic E-state index is 3.57. The fourth-order valence-corrected chi connectivity index (χ4v) is 2.40. The molecule has 1 heterocycles. The summed E-state index contributed by atoms with van der Waals surface area (Å²) in [6, 6.07) is 0.685. The molecule has 1 aliphatic heterocycles. The fourth-order valence-electron chi connectivity index (χ4n) is 2.40. The summed E-state index contributed by atoms with van der Waals surface area (Å²) in [6.45, 7) is 10.6. The third-order valence-electron chi connectivity index (χ3n) is 3.02. The minimum absolute atomic E-state index is 0.685. The van der Waals surface area contributed by atoms with Gasteiger partial charge in [-0.25, -0.2) is 0 Å². The third kappa shape index (κ3) is 4.49. The van der Waals surface area contributed by atoms with Gasteiger partial charge in [0.05, 0.1) is 0 Å². The Kier molecular flexibility index (Phi) is 5.58. The summed E-state index contributed by atoms with van der Waals surface area (Å²) < 4.78 is 0. The van der Waals surface area contributed by atoms with Crippen molar-refractivity contribution in [3.05, 3.63) is 0 Å². The van der Waals surface area contributed by atoms with Crippen molar-refractivity contribution in [3.63, 3.8) is 0 Å². The van der Waals surface area contributed by atoms with Crippen molar-refractivity contribution in [2.45, 2.75) is 26.3 Å². The topological polar surface area (TPSA) is 18.5 Å². The summed E-state index contributed by atoms with van der Waals surface area (Å²) in [5, 5.41) is 3.57. The van der Waals surface area contributed by atoms with Crippen LogP contribution in [-0.4, -0.2) is 62.7 Å². The normalized spacial score (nSPS) is 29.4. The molecule has 0 aromatic heterocycles. The SMILES string of the molecule is CCCN1CC(C)CNCC1CN(C)C. The first-order valence-corrected chi connectivity index (χ1v) is 6.23. The van der Waals surface area contributed by atoms with Crippen LogP contribution in [0, 0.1) is 5.92 Å². The first kappa shape index (κ1) is 12.9. The molecule has 1 N–H and O–H groups in total. The molecule has 0 aromatic carbocycles. The minimum Gasteiger partial charge on any atom is -0.315 e. The first-order valence-electron chi connectivity index (χ1n) is 6.23. The van der Waals surface area contributed by atoms with E-state index in [0.29, 0.717) is 6.04 Å². The van der Waals surface area contributed by atoms with Crippen molar-refractivity contribution in [2.75, 3.05) is 46.8 Å². The summed E-state index contributed by atoms with van der Waals surface area (Å²) in [4.78, 5) is 4.95. The van der Waals surface area contributed by atoms with E-state index in [1.165, 1.54) is 32.6 Å². The Hall–Kier alpha value is -0.120. The second kappa shape index (κ2) is 6.46. The summed E-state index contributed by atoms with van der Waals surface area (Å²) in [6.07, 6.45) is 1.26. The average Bonchev–Trinajstić information content (AvgIpc) is 2.29. The van der Waals surface area contributed by atoms with Crippen molar-refractivity contribution in [1.82, 2.24) is 15.1 Å². The molecule has 3 heteroatoms. The third-order valence-corrected chi connectivity index (χ3v) is 3.02. The number of rotatable bonds is 4. The highest BCUT2D eigenvalue weighted by Gasteiger charge is 2.23. The predicted octanol–water partition coefficient (Wildman–Crippen LogP) is 0.868. The van der Waals surface area contributed by atoms with Crippen LogP contribution in [0.25, 0.3) is 0 Å². The van der Waals surface area contributed by atoms with Gasteiger partial charge in [0.1, 0.15) is 0 Å². The number of nitrogens with one attached hydrogen (secondary N) is 1. The van der Waals surface area contributed by atoms with Crippen molar-refractivity contribution in [1.29, 1.82) is 0 Å². The van der Waals surface area contributed by atoms with Crippen molar-refractivity contribution in [3.8, 4) is 0 Å². The van der Waals surface area contributed by atoms with Crippen LogP contribution >= 0.6 is 0 Å². The summed E-state index contributed by atoms with van der Waals surface area (Å²) in [5.74, 6) is 0.781. The molecule has 0 bridgehead atoms. The molecule has 1 saturated heterocycles. The summed E-state index contributed by atoms with van der Waals surface area (Å²) >= 11 is 0. The number of likely N-dealkylation sites (N-methyl/N-ethyl adjacent to an activating group) is 1. The van der Waals surface area contributed by atoms with Gasteiger partial charge < -0.3 is 10.2 Å². The van der Waals surface area contributed by atoms with Crippen LogP contribution < -0.4 is 5.32 Å². The van der Waals surface area contributed by atoms with E-state index in [4.69, 9.17) is 0 Å². The Labute approximate surface area is 94.8 Å². The highest BCUT2D eigenvalue weighted by atomic mass is 15.2. The molecular weight excluding hydrogens is 186 g/mol. The van der Waals surface area contributed by atoms with E-state index in [0.717, 1.165) is 12.5 Å². The van der Waals surface area contributed by atoms with Gasteiger partial charge in [-0.3, -0.25) is 4.90 Å². The number of nitrogens with zero attached hydrogens (tertiary/aromatic N) is 2. The molecule has 0 amide bonds. The largest absolute Gasteiger partial charge is 0.315 e. The smallest absolute Gasteiger partial charge is 0.0347 e. The molecule has 2 unspecified atom stereocenters. The maximum Gasteiger partial charge on any atom is 0.0347 e. The Morgan fingerprint density at radius 1 is 1.33 bits per heavy atom. The average molecular weight is 213 g/mol. The molecule has 15 heavy (non-hydrogen) atoms. The standard InChI is InChI=1S/C12H27N3/c1-5-6-15-9-11(2)7-13-8-12(15)10-14(3)4/h11-13H,5-10H2,1-4H3. The van der Waals surface area contributed by atoms with Gasteiger partial charge in [-0.05, 0) is 39.5 Å². The second-order valence-electron chi connectivity index (χ2n) is 5.17. The highest BCUT2D eigenvalue weighted by molar-refractivity contribution is 4.81. The molecule has 1 fully saturated rings. The Morgan fingerprint density at radius 3 is 2.67 bits per heavy atom. The van der Waals surface area contributed by atoms with Crippen LogP contribution in [0.15, 0.2) is 0 Å².